The third-order valence-corrected chi connectivity index (χ3v) is 3.77. The first-order chi connectivity index (χ1) is 7.03. The number of nitrogens with one attached hydrogen (secondary N) is 1. The predicted molar refractivity (Wildman–Crippen MR) is 59.9 cm³/mol. The van der Waals surface area contributed by atoms with Crippen LogP contribution in [-0.2, 0) is 16.4 Å². The van der Waals surface area contributed by atoms with Crippen molar-refractivity contribution in [2.45, 2.75) is 18.2 Å². The van der Waals surface area contributed by atoms with Crippen molar-refractivity contribution in [3.8, 4) is 0 Å². The molecule has 2 rings (SSSR count). The molecular formula is C9H9ClN2O2S. The molecule has 1 aliphatic rings. The Hall–Kier alpha value is -1.07. The first kappa shape index (κ1) is 10.4. The second-order valence-electron chi connectivity index (χ2n) is 3.17. The molecule has 0 radical (unpaired) electrons. The topological polar surface area (TPSA) is 58.5 Å². The summed E-state index contributed by atoms with van der Waals surface area (Å²) in [6.45, 7) is 1.96. The summed E-state index contributed by atoms with van der Waals surface area (Å²) in [7, 11) is -3.63. The molecule has 0 spiro atoms. The Morgan fingerprint density at radius 2 is 2.20 bits per heavy atom. The van der Waals surface area contributed by atoms with E-state index in [2.05, 4.69) is 9.71 Å². The van der Waals surface area contributed by atoms with Crippen molar-refractivity contribution in [3.05, 3.63) is 23.8 Å². The maximum Gasteiger partial charge on any atom is 0.287 e. The normalized spacial score (nSPS) is 17.6. The van der Waals surface area contributed by atoms with Crippen molar-refractivity contribution in [2.75, 3.05) is 5.32 Å². The van der Waals surface area contributed by atoms with Gasteiger partial charge in [0.1, 0.15) is 4.90 Å². The molecule has 1 N–H and O–H groups in total. The van der Waals surface area contributed by atoms with Crippen LogP contribution in [0.15, 0.2) is 27.5 Å². The van der Waals surface area contributed by atoms with E-state index >= 15 is 0 Å². The minimum absolute atomic E-state index is 0.119. The molecule has 1 aliphatic heterocycles. The zero-order valence-corrected chi connectivity index (χ0v) is 9.56. The van der Waals surface area contributed by atoms with Crippen molar-refractivity contribution in [2.24, 2.45) is 4.40 Å². The van der Waals surface area contributed by atoms with E-state index in [-0.39, 0.29) is 10.2 Å². The molecular weight excluding hydrogens is 236 g/mol. The predicted octanol–water partition coefficient (Wildman–Crippen LogP) is 1.96. The lowest BCUT2D eigenvalue weighted by atomic mass is 10.1. The van der Waals surface area contributed by atoms with E-state index in [1.54, 1.807) is 12.1 Å². The standard InChI is InChI=1S/C9H9ClN2O2S/c1-2-6-3-4-7-8(5-6)15(13,14)12-9(10)11-7/h3-5H,2H2,1H3,(H,11,12). The summed E-state index contributed by atoms with van der Waals surface area (Å²) in [5, 5.41) is 2.58. The average Bonchev–Trinajstić information content (AvgIpc) is 2.16. The largest absolute Gasteiger partial charge is 0.329 e. The van der Waals surface area contributed by atoms with E-state index in [0.29, 0.717) is 5.69 Å². The lowest BCUT2D eigenvalue weighted by Gasteiger charge is -2.15. The number of hydrogen-bond acceptors (Lipinski definition) is 3. The maximum absolute atomic E-state index is 11.6. The fourth-order valence-electron chi connectivity index (χ4n) is 1.39. The monoisotopic (exact) mass is 244 g/mol. The summed E-state index contributed by atoms with van der Waals surface area (Å²) in [5.41, 5.74) is 1.43. The highest BCUT2D eigenvalue weighted by Crippen LogP contribution is 2.28. The number of benzene rings is 1. The number of amidine groups is 1. The summed E-state index contributed by atoms with van der Waals surface area (Å²) in [6.07, 6.45) is 0.778. The van der Waals surface area contributed by atoms with Gasteiger partial charge in [-0.15, -0.1) is 4.40 Å². The number of rotatable bonds is 1. The fourth-order valence-corrected chi connectivity index (χ4v) is 2.82. The number of nitrogens with zero attached hydrogens (tertiary/aromatic N) is 1. The molecule has 0 saturated heterocycles. The highest BCUT2D eigenvalue weighted by Gasteiger charge is 2.23. The third-order valence-electron chi connectivity index (χ3n) is 2.17. The van der Waals surface area contributed by atoms with E-state index in [4.69, 9.17) is 11.6 Å². The van der Waals surface area contributed by atoms with Crippen molar-refractivity contribution in [3.63, 3.8) is 0 Å². The van der Waals surface area contributed by atoms with Crippen LogP contribution in [-0.4, -0.2) is 13.7 Å². The summed E-state index contributed by atoms with van der Waals surface area (Å²) in [6, 6.07) is 5.17. The maximum atomic E-state index is 11.6. The molecule has 1 aromatic rings. The Bertz CT molecular complexity index is 537. The van der Waals surface area contributed by atoms with Gasteiger partial charge in [0.15, 0.2) is 0 Å². The van der Waals surface area contributed by atoms with Gasteiger partial charge in [-0.1, -0.05) is 13.0 Å². The first-order valence-electron chi connectivity index (χ1n) is 4.43. The average molecular weight is 245 g/mol. The van der Waals surface area contributed by atoms with Gasteiger partial charge in [-0.25, -0.2) is 0 Å². The summed E-state index contributed by atoms with van der Waals surface area (Å²) in [5.74, 6) is 0. The van der Waals surface area contributed by atoms with Crippen LogP contribution in [0.25, 0.3) is 0 Å². The lowest BCUT2D eigenvalue weighted by molar-refractivity contribution is 0.598. The van der Waals surface area contributed by atoms with Crippen molar-refractivity contribution < 1.29 is 8.42 Å². The molecule has 0 unspecified atom stereocenters. The van der Waals surface area contributed by atoms with Gasteiger partial charge in [-0.3, -0.25) is 0 Å². The van der Waals surface area contributed by atoms with Crippen LogP contribution >= 0.6 is 11.6 Å². The highest BCUT2D eigenvalue weighted by atomic mass is 35.5. The molecule has 80 valence electrons. The van der Waals surface area contributed by atoms with Crippen molar-refractivity contribution >= 4 is 32.6 Å². The molecule has 0 amide bonds. The van der Waals surface area contributed by atoms with Gasteiger partial charge < -0.3 is 5.32 Å². The Morgan fingerprint density at radius 3 is 2.87 bits per heavy atom. The van der Waals surface area contributed by atoms with Crippen LogP contribution in [0, 0.1) is 0 Å². The number of fused-ring (bicyclic) bond motifs is 1. The van der Waals surface area contributed by atoms with Crippen LogP contribution in [0.1, 0.15) is 12.5 Å². The fraction of sp³-hybridized carbons (Fsp3) is 0.222. The summed E-state index contributed by atoms with van der Waals surface area (Å²) in [4.78, 5) is 0.186. The van der Waals surface area contributed by atoms with E-state index in [9.17, 15) is 8.42 Å². The van der Waals surface area contributed by atoms with Crippen LogP contribution in [0.3, 0.4) is 0 Å². The SMILES string of the molecule is CCc1ccc2c(c1)S(=O)(=O)N=C(Cl)N2. The van der Waals surface area contributed by atoms with Gasteiger partial charge in [0, 0.05) is 0 Å². The van der Waals surface area contributed by atoms with Crippen molar-refractivity contribution in [1.82, 2.24) is 0 Å². The second kappa shape index (κ2) is 3.50. The lowest BCUT2D eigenvalue weighted by Crippen LogP contribution is -2.17. The molecule has 1 heterocycles. The van der Waals surface area contributed by atoms with Gasteiger partial charge >= 0.3 is 0 Å². The minimum Gasteiger partial charge on any atom is -0.329 e. The number of anilines is 1. The third kappa shape index (κ3) is 1.85. The molecule has 1 aromatic carbocycles. The second-order valence-corrected chi connectivity index (χ2v) is 5.10. The van der Waals surface area contributed by atoms with Gasteiger partial charge in [0.25, 0.3) is 10.0 Å². The molecule has 4 nitrogen and oxygen atoms in total. The molecule has 0 aromatic heterocycles. The molecule has 0 fully saturated rings. The number of halogens is 1. The highest BCUT2D eigenvalue weighted by molar-refractivity contribution is 7.90. The van der Waals surface area contributed by atoms with Gasteiger partial charge in [0.05, 0.1) is 5.69 Å². The van der Waals surface area contributed by atoms with E-state index < -0.39 is 10.0 Å². The Labute approximate surface area is 93.0 Å². The Balaban J connectivity index is 2.65. The van der Waals surface area contributed by atoms with Crippen LogP contribution in [0.4, 0.5) is 5.69 Å². The van der Waals surface area contributed by atoms with Crippen LogP contribution in [0.5, 0.6) is 0 Å². The van der Waals surface area contributed by atoms with Gasteiger partial charge in [-0.2, -0.15) is 8.42 Å². The molecule has 15 heavy (non-hydrogen) atoms. The van der Waals surface area contributed by atoms with E-state index in [1.807, 2.05) is 13.0 Å². The van der Waals surface area contributed by atoms with E-state index in [1.165, 1.54) is 0 Å². The van der Waals surface area contributed by atoms with Gasteiger partial charge in [0.2, 0.25) is 5.29 Å². The molecule has 0 atom stereocenters. The van der Waals surface area contributed by atoms with E-state index in [0.717, 1.165) is 12.0 Å². The Morgan fingerprint density at radius 1 is 1.47 bits per heavy atom. The van der Waals surface area contributed by atoms with Crippen LogP contribution < -0.4 is 5.32 Å². The number of sulfonamides is 1. The number of hydrogen-bond donors (Lipinski definition) is 1. The summed E-state index contributed by atoms with van der Waals surface area (Å²) < 4.78 is 26.7. The molecule has 0 saturated carbocycles. The molecule has 0 bridgehead atoms. The number of aryl methyl sites for hydroxylation is 1. The molecule has 6 heteroatoms. The minimum atomic E-state index is -3.63. The van der Waals surface area contributed by atoms with Crippen LogP contribution in [0.2, 0.25) is 0 Å². The summed E-state index contributed by atoms with van der Waals surface area (Å²) >= 11 is 5.56. The quantitative estimate of drug-likeness (QED) is 0.769. The zero-order chi connectivity index (χ0) is 11.1. The zero-order valence-electron chi connectivity index (χ0n) is 7.99. The molecule has 0 aliphatic carbocycles. The smallest absolute Gasteiger partial charge is 0.287 e. The van der Waals surface area contributed by atoms with Gasteiger partial charge in [-0.05, 0) is 35.7 Å². The van der Waals surface area contributed by atoms with Crippen molar-refractivity contribution in [1.29, 1.82) is 0 Å². The first-order valence-corrected chi connectivity index (χ1v) is 6.25. The Kier molecular flexibility index (Phi) is 2.44.